The maximum Gasteiger partial charge on any atom is 0.318 e. The van der Waals surface area contributed by atoms with Gasteiger partial charge in [0.2, 0.25) is 0 Å². The van der Waals surface area contributed by atoms with E-state index in [1.807, 2.05) is 0 Å². The lowest BCUT2D eigenvalue weighted by Gasteiger charge is -1.69. The molecule has 0 saturated carbocycles. The Morgan fingerprint density at radius 3 is 1.50 bits per heavy atom. The first kappa shape index (κ1) is 25.4. The van der Waals surface area contributed by atoms with Crippen LogP contribution in [-0.4, -0.2) is 33.4 Å². The Hall–Kier alpha value is -0.360. The summed E-state index contributed by atoms with van der Waals surface area (Å²) in [4.78, 5) is 9.24. The number of hydrogen-bond donors (Lipinski definition) is 1. The number of alkyl halides is 1. The van der Waals surface area contributed by atoms with Gasteiger partial charge in [-0.05, 0) is 0 Å². The van der Waals surface area contributed by atoms with Crippen molar-refractivity contribution < 1.29 is 26.3 Å². The van der Waals surface area contributed by atoms with E-state index in [1.54, 1.807) is 0 Å². The third kappa shape index (κ3) is 45.1. The van der Waals surface area contributed by atoms with E-state index in [1.165, 1.54) is 0 Å². The zero-order valence-electron chi connectivity index (χ0n) is 3.94. The van der Waals surface area contributed by atoms with Gasteiger partial charge >= 0.3 is 5.97 Å². The molecule has 0 rings (SSSR count). The van der Waals surface area contributed by atoms with Crippen LogP contribution >= 0.6 is 11.6 Å². The predicted molar refractivity (Wildman–Crippen MR) is 29.2 cm³/mol. The molecule has 0 aromatic rings. The van der Waals surface area contributed by atoms with Crippen LogP contribution in [0.2, 0.25) is 0 Å². The van der Waals surface area contributed by atoms with Crippen molar-refractivity contribution in [3.05, 3.63) is 0 Å². The lowest BCUT2D eigenvalue weighted by molar-refractivity contribution is -0.134. The van der Waals surface area contributed by atoms with Crippen LogP contribution < -0.4 is 0 Å². The van der Waals surface area contributed by atoms with E-state index in [0.717, 1.165) is 0 Å². The third-order valence-electron chi connectivity index (χ3n) is 0.114. The SMILES string of the molecule is O.O.O.O=C(O)CCl. The Bertz CT molecular complexity index is 45.7. The molecule has 0 fully saturated rings. The lowest BCUT2D eigenvalue weighted by Crippen LogP contribution is -1.92. The van der Waals surface area contributed by atoms with Gasteiger partial charge < -0.3 is 21.5 Å². The summed E-state index contributed by atoms with van der Waals surface area (Å²) in [7, 11) is 0. The molecule has 0 aromatic carbocycles. The molecule has 0 bridgehead atoms. The molecule has 0 aromatic heterocycles. The van der Waals surface area contributed by atoms with Crippen molar-refractivity contribution in [2.45, 2.75) is 0 Å². The van der Waals surface area contributed by atoms with E-state index in [9.17, 15) is 4.79 Å². The molecule has 0 spiro atoms. The van der Waals surface area contributed by atoms with Crippen molar-refractivity contribution in [2.24, 2.45) is 0 Å². The van der Waals surface area contributed by atoms with Crippen molar-refractivity contribution in [1.82, 2.24) is 0 Å². The van der Waals surface area contributed by atoms with Crippen molar-refractivity contribution in [2.75, 3.05) is 5.88 Å². The summed E-state index contributed by atoms with van der Waals surface area (Å²) < 4.78 is 0. The van der Waals surface area contributed by atoms with Crippen LogP contribution in [0.4, 0.5) is 0 Å². The van der Waals surface area contributed by atoms with Crippen LogP contribution in [0, 0.1) is 0 Å². The molecular weight excluding hydrogens is 139 g/mol. The van der Waals surface area contributed by atoms with E-state index < -0.39 is 5.97 Å². The molecule has 0 aliphatic heterocycles. The van der Waals surface area contributed by atoms with E-state index in [-0.39, 0.29) is 22.3 Å². The second kappa shape index (κ2) is 15.9. The molecule has 5 nitrogen and oxygen atoms in total. The van der Waals surface area contributed by atoms with Gasteiger partial charge in [-0.3, -0.25) is 4.79 Å². The summed E-state index contributed by atoms with van der Waals surface area (Å²) in [5.74, 6) is -1.29. The molecule has 0 amide bonds. The zero-order valence-corrected chi connectivity index (χ0v) is 4.70. The molecule has 0 heterocycles. The van der Waals surface area contributed by atoms with Crippen molar-refractivity contribution in [3.8, 4) is 0 Å². The smallest absolute Gasteiger partial charge is 0.318 e. The summed E-state index contributed by atoms with van der Waals surface area (Å²) in [5, 5.41) is 7.59. The summed E-state index contributed by atoms with van der Waals surface area (Å²) >= 11 is 4.74. The van der Waals surface area contributed by atoms with Gasteiger partial charge in [-0.15, -0.1) is 11.6 Å². The van der Waals surface area contributed by atoms with E-state index in [4.69, 9.17) is 16.7 Å². The second-order valence-electron chi connectivity index (χ2n) is 0.527. The fourth-order valence-corrected chi connectivity index (χ4v) is 0. The largest absolute Gasteiger partial charge is 0.480 e. The summed E-state index contributed by atoms with van der Waals surface area (Å²) in [6.07, 6.45) is 0. The number of aliphatic carboxylic acids is 1. The highest BCUT2D eigenvalue weighted by Crippen LogP contribution is 1.67. The molecule has 0 atom stereocenters. The fraction of sp³-hybridized carbons (Fsp3) is 0.500. The Morgan fingerprint density at radius 1 is 1.38 bits per heavy atom. The minimum absolute atomic E-state index is 0. The quantitative estimate of drug-likeness (QED) is 0.424. The highest BCUT2D eigenvalue weighted by molar-refractivity contribution is 6.26. The molecule has 6 heteroatoms. The van der Waals surface area contributed by atoms with E-state index >= 15 is 0 Å². The molecule has 0 saturated heterocycles. The lowest BCUT2D eigenvalue weighted by atomic mass is 10.8. The number of carbonyl (C=O) groups is 1. The van der Waals surface area contributed by atoms with Gasteiger partial charge in [-0.2, -0.15) is 0 Å². The average molecular weight is 149 g/mol. The minimum atomic E-state index is -0.980. The normalized spacial score (nSPS) is 4.62. The van der Waals surface area contributed by atoms with Crippen LogP contribution in [0.25, 0.3) is 0 Å². The van der Waals surface area contributed by atoms with Gasteiger partial charge in [0, 0.05) is 0 Å². The zero-order chi connectivity index (χ0) is 4.28. The van der Waals surface area contributed by atoms with Crippen molar-refractivity contribution in [1.29, 1.82) is 0 Å². The first-order valence-corrected chi connectivity index (χ1v) is 1.58. The summed E-state index contributed by atoms with van der Waals surface area (Å²) in [6, 6.07) is 0. The molecular formula is C2H9ClO5. The van der Waals surface area contributed by atoms with Crippen molar-refractivity contribution in [3.63, 3.8) is 0 Å². The van der Waals surface area contributed by atoms with Gasteiger partial charge in [0.1, 0.15) is 5.88 Å². The maximum absolute atomic E-state index is 9.24. The van der Waals surface area contributed by atoms with Gasteiger partial charge in [0.25, 0.3) is 0 Å². The topological polar surface area (TPSA) is 132 Å². The van der Waals surface area contributed by atoms with Gasteiger partial charge in [0.05, 0.1) is 0 Å². The molecule has 8 heavy (non-hydrogen) atoms. The number of carboxylic acids is 1. The van der Waals surface area contributed by atoms with E-state index in [0.29, 0.717) is 0 Å². The first-order chi connectivity index (χ1) is 2.27. The van der Waals surface area contributed by atoms with Crippen LogP contribution in [0.5, 0.6) is 0 Å². The van der Waals surface area contributed by atoms with Crippen LogP contribution in [0.3, 0.4) is 0 Å². The highest BCUT2D eigenvalue weighted by Gasteiger charge is 1.83. The van der Waals surface area contributed by atoms with Crippen LogP contribution in [0.15, 0.2) is 0 Å². The molecule has 7 N–H and O–H groups in total. The van der Waals surface area contributed by atoms with Crippen LogP contribution in [0.1, 0.15) is 0 Å². The average Bonchev–Trinajstić information content (AvgIpc) is 1.38. The predicted octanol–water partition coefficient (Wildman–Crippen LogP) is -2.16. The monoisotopic (exact) mass is 148 g/mol. The second-order valence-corrected chi connectivity index (χ2v) is 0.795. The standard InChI is InChI=1S/C2H3ClO2.3H2O/c3-1-2(4)5;;;/h1H2,(H,4,5);3*1H2. The first-order valence-electron chi connectivity index (χ1n) is 1.05. The third-order valence-corrected chi connectivity index (χ3v) is 0.343. The van der Waals surface area contributed by atoms with E-state index in [2.05, 4.69) is 0 Å². The van der Waals surface area contributed by atoms with Gasteiger partial charge in [-0.25, -0.2) is 0 Å². The number of halogens is 1. The summed E-state index contributed by atoms with van der Waals surface area (Å²) in [6.45, 7) is 0. The number of carboxylic acid groups (broad SMARTS) is 1. The molecule has 0 unspecified atom stereocenters. The van der Waals surface area contributed by atoms with Gasteiger partial charge in [0.15, 0.2) is 0 Å². The van der Waals surface area contributed by atoms with Gasteiger partial charge in [-0.1, -0.05) is 0 Å². The molecule has 0 radical (unpaired) electrons. The van der Waals surface area contributed by atoms with Crippen molar-refractivity contribution >= 4 is 17.6 Å². The molecule has 54 valence electrons. The Balaban J connectivity index is -0.0000000267. The number of hydrogen-bond acceptors (Lipinski definition) is 1. The Kier molecular flexibility index (Phi) is 50.7. The molecule has 0 aliphatic carbocycles. The number of rotatable bonds is 1. The van der Waals surface area contributed by atoms with Crippen LogP contribution in [-0.2, 0) is 4.79 Å². The highest BCUT2D eigenvalue weighted by atomic mass is 35.5. The minimum Gasteiger partial charge on any atom is -0.480 e. The Labute approximate surface area is 50.8 Å². The molecule has 0 aliphatic rings. The Morgan fingerprint density at radius 2 is 1.50 bits per heavy atom. The summed E-state index contributed by atoms with van der Waals surface area (Å²) in [5.41, 5.74) is 0. The fourth-order valence-electron chi connectivity index (χ4n) is 0. The maximum atomic E-state index is 9.24.